The van der Waals surface area contributed by atoms with Crippen LogP contribution in [0, 0.1) is 5.82 Å². The van der Waals surface area contributed by atoms with E-state index in [2.05, 4.69) is 5.32 Å². The summed E-state index contributed by atoms with van der Waals surface area (Å²) in [4.78, 5) is 13.4. The maximum atomic E-state index is 13.0. The molecule has 1 aromatic rings. The highest BCUT2D eigenvalue weighted by Crippen LogP contribution is 2.06. The van der Waals surface area contributed by atoms with E-state index in [4.69, 9.17) is 0 Å². The summed E-state index contributed by atoms with van der Waals surface area (Å²) in [6.45, 7) is 6.20. The van der Waals surface area contributed by atoms with Gasteiger partial charge in [-0.15, -0.1) is 0 Å². The summed E-state index contributed by atoms with van der Waals surface area (Å²) in [6.07, 6.45) is 0. The molecule has 0 atom stereocenters. The van der Waals surface area contributed by atoms with Crippen LogP contribution in [0.1, 0.15) is 19.4 Å². The molecule has 0 heterocycles. The standard InChI is InChI=1S/C13H19FN2O/c1-3-15-13(17)10-16(4-2)9-11-6-5-7-12(14)8-11/h5-8H,3-4,9-10H2,1-2H3,(H,15,17). The van der Waals surface area contributed by atoms with Crippen molar-refractivity contribution in [2.45, 2.75) is 20.4 Å². The van der Waals surface area contributed by atoms with E-state index in [0.717, 1.165) is 12.1 Å². The SMILES string of the molecule is CCNC(=O)CN(CC)Cc1cccc(F)c1. The minimum atomic E-state index is -0.239. The Morgan fingerprint density at radius 1 is 1.41 bits per heavy atom. The number of nitrogens with zero attached hydrogens (tertiary/aromatic N) is 1. The van der Waals surface area contributed by atoms with E-state index in [0.29, 0.717) is 19.6 Å². The fraction of sp³-hybridized carbons (Fsp3) is 0.462. The number of carbonyl (C=O) groups is 1. The molecule has 0 saturated carbocycles. The second-order valence-electron chi connectivity index (χ2n) is 3.89. The number of rotatable bonds is 6. The lowest BCUT2D eigenvalue weighted by molar-refractivity contribution is -0.122. The second-order valence-corrected chi connectivity index (χ2v) is 3.89. The zero-order chi connectivity index (χ0) is 12.7. The van der Waals surface area contributed by atoms with Crippen molar-refractivity contribution in [2.75, 3.05) is 19.6 Å². The van der Waals surface area contributed by atoms with Gasteiger partial charge in [0.25, 0.3) is 0 Å². The average molecular weight is 238 g/mol. The molecule has 0 aliphatic rings. The lowest BCUT2D eigenvalue weighted by Gasteiger charge is -2.19. The zero-order valence-corrected chi connectivity index (χ0v) is 10.4. The first-order chi connectivity index (χ1) is 8.15. The van der Waals surface area contributed by atoms with E-state index in [1.807, 2.05) is 24.8 Å². The van der Waals surface area contributed by atoms with Crippen molar-refractivity contribution >= 4 is 5.91 Å². The molecule has 0 aromatic heterocycles. The van der Waals surface area contributed by atoms with Gasteiger partial charge in [0.1, 0.15) is 5.82 Å². The van der Waals surface area contributed by atoms with E-state index in [-0.39, 0.29) is 11.7 Å². The first kappa shape index (κ1) is 13.6. The maximum absolute atomic E-state index is 13.0. The molecule has 3 nitrogen and oxygen atoms in total. The lowest BCUT2D eigenvalue weighted by atomic mass is 10.2. The van der Waals surface area contributed by atoms with Crippen LogP contribution in [-0.2, 0) is 11.3 Å². The molecule has 0 saturated heterocycles. The predicted molar refractivity (Wildman–Crippen MR) is 66.0 cm³/mol. The molecule has 0 aliphatic carbocycles. The number of likely N-dealkylation sites (N-methyl/N-ethyl adjacent to an activating group) is 2. The van der Waals surface area contributed by atoms with Crippen LogP contribution in [0.5, 0.6) is 0 Å². The van der Waals surface area contributed by atoms with Crippen LogP contribution in [0.25, 0.3) is 0 Å². The fourth-order valence-electron chi connectivity index (χ4n) is 1.63. The predicted octanol–water partition coefficient (Wildman–Crippen LogP) is 1.78. The third kappa shape index (κ3) is 4.95. The number of hydrogen-bond donors (Lipinski definition) is 1. The molecule has 94 valence electrons. The van der Waals surface area contributed by atoms with E-state index in [1.165, 1.54) is 12.1 Å². The van der Waals surface area contributed by atoms with Crippen LogP contribution in [0.15, 0.2) is 24.3 Å². The molecule has 0 spiro atoms. The Morgan fingerprint density at radius 3 is 2.76 bits per heavy atom. The van der Waals surface area contributed by atoms with Crippen LogP contribution >= 0.6 is 0 Å². The van der Waals surface area contributed by atoms with Gasteiger partial charge in [0.05, 0.1) is 6.54 Å². The molecule has 0 bridgehead atoms. The van der Waals surface area contributed by atoms with Crippen molar-refractivity contribution in [3.63, 3.8) is 0 Å². The number of amides is 1. The van der Waals surface area contributed by atoms with Gasteiger partial charge in [-0.3, -0.25) is 9.69 Å². The molecule has 1 aromatic carbocycles. The van der Waals surface area contributed by atoms with Gasteiger partial charge in [-0.25, -0.2) is 4.39 Å². The highest BCUT2D eigenvalue weighted by molar-refractivity contribution is 5.77. The minimum Gasteiger partial charge on any atom is -0.355 e. The van der Waals surface area contributed by atoms with E-state index < -0.39 is 0 Å². The molecule has 0 fully saturated rings. The van der Waals surface area contributed by atoms with Crippen molar-refractivity contribution in [1.82, 2.24) is 10.2 Å². The van der Waals surface area contributed by atoms with Crippen LogP contribution in [0.3, 0.4) is 0 Å². The van der Waals surface area contributed by atoms with Crippen LogP contribution in [0.4, 0.5) is 4.39 Å². The van der Waals surface area contributed by atoms with Crippen molar-refractivity contribution in [3.05, 3.63) is 35.6 Å². The largest absolute Gasteiger partial charge is 0.355 e. The summed E-state index contributed by atoms with van der Waals surface area (Å²) in [6, 6.07) is 6.47. The maximum Gasteiger partial charge on any atom is 0.234 e. The third-order valence-corrected chi connectivity index (χ3v) is 2.48. The van der Waals surface area contributed by atoms with Gasteiger partial charge in [-0.1, -0.05) is 19.1 Å². The average Bonchev–Trinajstić information content (AvgIpc) is 2.28. The molecule has 0 radical (unpaired) electrons. The van der Waals surface area contributed by atoms with Crippen LogP contribution < -0.4 is 5.32 Å². The molecule has 1 N–H and O–H groups in total. The molecule has 0 aliphatic heterocycles. The smallest absolute Gasteiger partial charge is 0.234 e. The summed E-state index contributed by atoms with van der Waals surface area (Å²) in [7, 11) is 0. The second kappa shape index (κ2) is 7.01. The van der Waals surface area contributed by atoms with Gasteiger partial charge >= 0.3 is 0 Å². The van der Waals surface area contributed by atoms with Crippen LogP contribution in [-0.4, -0.2) is 30.4 Å². The Balaban J connectivity index is 2.54. The number of benzene rings is 1. The molecule has 0 unspecified atom stereocenters. The first-order valence-electron chi connectivity index (χ1n) is 5.89. The molecule has 4 heteroatoms. The zero-order valence-electron chi connectivity index (χ0n) is 10.4. The van der Waals surface area contributed by atoms with Crippen molar-refractivity contribution in [3.8, 4) is 0 Å². The Kier molecular flexibility index (Phi) is 5.63. The van der Waals surface area contributed by atoms with E-state index >= 15 is 0 Å². The highest BCUT2D eigenvalue weighted by atomic mass is 19.1. The summed E-state index contributed by atoms with van der Waals surface area (Å²) >= 11 is 0. The van der Waals surface area contributed by atoms with Gasteiger partial charge < -0.3 is 5.32 Å². The van der Waals surface area contributed by atoms with Crippen molar-refractivity contribution in [1.29, 1.82) is 0 Å². The number of hydrogen-bond acceptors (Lipinski definition) is 2. The van der Waals surface area contributed by atoms with Gasteiger partial charge in [-0.2, -0.15) is 0 Å². The van der Waals surface area contributed by atoms with Crippen molar-refractivity contribution < 1.29 is 9.18 Å². The number of carbonyl (C=O) groups excluding carboxylic acids is 1. The summed E-state index contributed by atoms with van der Waals surface area (Å²) in [5.41, 5.74) is 0.885. The molecule has 17 heavy (non-hydrogen) atoms. The molecular formula is C13H19FN2O. The Labute approximate surface area is 102 Å². The summed E-state index contributed by atoms with van der Waals surface area (Å²) < 4.78 is 13.0. The monoisotopic (exact) mass is 238 g/mol. The number of halogens is 1. The summed E-state index contributed by atoms with van der Waals surface area (Å²) in [5.74, 6) is -0.234. The van der Waals surface area contributed by atoms with Crippen molar-refractivity contribution in [2.24, 2.45) is 0 Å². The van der Waals surface area contributed by atoms with E-state index in [9.17, 15) is 9.18 Å². The van der Waals surface area contributed by atoms with Gasteiger partial charge in [0.15, 0.2) is 0 Å². The lowest BCUT2D eigenvalue weighted by Crippen LogP contribution is -2.36. The molecular weight excluding hydrogens is 219 g/mol. The number of nitrogens with one attached hydrogen (secondary N) is 1. The van der Waals surface area contributed by atoms with Gasteiger partial charge in [-0.05, 0) is 31.2 Å². The minimum absolute atomic E-state index is 0.00533. The topological polar surface area (TPSA) is 32.3 Å². The molecule has 1 amide bonds. The Hall–Kier alpha value is -1.42. The fourth-order valence-corrected chi connectivity index (χ4v) is 1.63. The van der Waals surface area contributed by atoms with Gasteiger partial charge in [0, 0.05) is 13.1 Å². The third-order valence-electron chi connectivity index (χ3n) is 2.48. The molecule has 1 rings (SSSR count). The Bertz CT molecular complexity index is 368. The van der Waals surface area contributed by atoms with E-state index in [1.54, 1.807) is 6.07 Å². The quantitative estimate of drug-likeness (QED) is 0.819. The van der Waals surface area contributed by atoms with Gasteiger partial charge in [0.2, 0.25) is 5.91 Å². The van der Waals surface area contributed by atoms with Crippen LogP contribution in [0.2, 0.25) is 0 Å². The highest BCUT2D eigenvalue weighted by Gasteiger charge is 2.08. The normalized spacial score (nSPS) is 10.6. The summed E-state index contributed by atoms with van der Waals surface area (Å²) in [5, 5.41) is 2.75. The first-order valence-corrected chi connectivity index (χ1v) is 5.89. The Morgan fingerprint density at radius 2 is 2.18 bits per heavy atom.